The summed E-state index contributed by atoms with van der Waals surface area (Å²) < 4.78 is 5.25. The molecule has 1 rings (SSSR count). The molecule has 0 heterocycles. The molecule has 0 spiro atoms. The maximum absolute atomic E-state index is 11.7. The van der Waals surface area contributed by atoms with E-state index in [0.29, 0.717) is 13.0 Å². The maximum Gasteiger partial charge on any atom is 0.224 e. The van der Waals surface area contributed by atoms with Gasteiger partial charge in [0, 0.05) is 18.2 Å². The van der Waals surface area contributed by atoms with Crippen LogP contribution in [0.4, 0.5) is 0 Å². The van der Waals surface area contributed by atoms with Crippen LogP contribution in [-0.4, -0.2) is 25.6 Å². The molecule has 0 aliphatic heterocycles. The van der Waals surface area contributed by atoms with Gasteiger partial charge in [0.25, 0.3) is 0 Å². The third kappa shape index (κ3) is 4.07. The number of ether oxygens (including phenoxy) is 1. The third-order valence-electron chi connectivity index (χ3n) is 2.55. The Morgan fingerprint density at radius 3 is 2.82 bits per heavy atom. The van der Waals surface area contributed by atoms with Crippen LogP contribution in [0.5, 0.6) is 5.75 Å². The van der Waals surface area contributed by atoms with E-state index >= 15 is 0 Å². The Hall–Kier alpha value is -1.55. The van der Waals surface area contributed by atoms with Crippen LogP contribution in [0.3, 0.4) is 0 Å². The normalized spacial score (nSPS) is 12.0. The molecule has 1 unspecified atom stereocenters. The fraction of sp³-hybridized carbons (Fsp3) is 0.462. The van der Waals surface area contributed by atoms with Crippen LogP contribution in [0.25, 0.3) is 0 Å². The average molecular weight is 236 g/mol. The minimum absolute atomic E-state index is 0.000978. The highest BCUT2D eigenvalue weighted by Crippen LogP contribution is 2.20. The summed E-state index contributed by atoms with van der Waals surface area (Å²) in [5.41, 5.74) is 7.45. The smallest absolute Gasteiger partial charge is 0.224 e. The lowest BCUT2D eigenvalue weighted by Gasteiger charge is -2.13. The lowest BCUT2D eigenvalue weighted by molar-refractivity contribution is -0.121. The number of carbonyl (C=O) groups excluding carboxylic acids is 1. The van der Waals surface area contributed by atoms with Crippen molar-refractivity contribution in [2.24, 2.45) is 5.73 Å². The number of aryl methyl sites for hydroxylation is 1. The summed E-state index contributed by atoms with van der Waals surface area (Å²) in [6, 6.07) is 5.81. The molecule has 0 aliphatic rings. The minimum atomic E-state index is -0.0369. The van der Waals surface area contributed by atoms with E-state index in [1.54, 1.807) is 7.11 Å². The molecule has 0 bridgehead atoms. The van der Waals surface area contributed by atoms with Gasteiger partial charge < -0.3 is 15.8 Å². The number of nitrogens with one attached hydrogen (secondary N) is 1. The average Bonchev–Trinajstić information content (AvgIpc) is 2.31. The number of nitrogens with two attached hydrogens (primary N) is 1. The largest absolute Gasteiger partial charge is 0.496 e. The Morgan fingerprint density at radius 2 is 2.24 bits per heavy atom. The fourth-order valence-corrected chi connectivity index (χ4v) is 1.56. The number of hydrogen-bond donors (Lipinski definition) is 2. The molecule has 4 heteroatoms. The van der Waals surface area contributed by atoms with Gasteiger partial charge in [0.2, 0.25) is 5.91 Å². The van der Waals surface area contributed by atoms with Gasteiger partial charge in [-0.15, -0.1) is 0 Å². The lowest BCUT2D eigenvalue weighted by Crippen LogP contribution is -2.38. The Balaban J connectivity index is 2.71. The molecule has 0 aliphatic carbocycles. The molecule has 1 amide bonds. The summed E-state index contributed by atoms with van der Waals surface area (Å²) in [6.07, 6.45) is 0.313. The van der Waals surface area contributed by atoms with E-state index in [2.05, 4.69) is 5.32 Å². The van der Waals surface area contributed by atoms with Crippen molar-refractivity contribution in [2.75, 3.05) is 13.7 Å². The third-order valence-corrected chi connectivity index (χ3v) is 2.55. The Bertz CT molecular complexity index is 391. The van der Waals surface area contributed by atoms with E-state index in [1.807, 2.05) is 32.0 Å². The zero-order valence-corrected chi connectivity index (χ0v) is 10.6. The second-order valence-electron chi connectivity index (χ2n) is 4.20. The van der Waals surface area contributed by atoms with Crippen molar-refractivity contribution in [1.82, 2.24) is 5.32 Å². The summed E-state index contributed by atoms with van der Waals surface area (Å²) in [7, 11) is 1.61. The van der Waals surface area contributed by atoms with Crippen molar-refractivity contribution in [3.8, 4) is 5.75 Å². The van der Waals surface area contributed by atoms with Crippen LogP contribution in [0.1, 0.15) is 18.1 Å². The molecule has 17 heavy (non-hydrogen) atoms. The van der Waals surface area contributed by atoms with Gasteiger partial charge in [-0.05, 0) is 25.5 Å². The first-order valence-corrected chi connectivity index (χ1v) is 5.69. The molecule has 0 aromatic heterocycles. The van der Waals surface area contributed by atoms with E-state index in [4.69, 9.17) is 10.5 Å². The van der Waals surface area contributed by atoms with Crippen molar-refractivity contribution in [3.63, 3.8) is 0 Å². The van der Waals surface area contributed by atoms with Gasteiger partial charge in [0.15, 0.2) is 0 Å². The molecule has 4 nitrogen and oxygen atoms in total. The molecule has 1 atom stereocenters. The summed E-state index contributed by atoms with van der Waals surface area (Å²) in [5.74, 6) is 0.714. The topological polar surface area (TPSA) is 64.3 Å². The minimum Gasteiger partial charge on any atom is -0.496 e. The lowest BCUT2D eigenvalue weighted by atomic mass is 10.1. The molecule has 94 valence electrons. The van der Waals surface area contributed by atoms with E-state index in [0.717, 1.165) is 16.9 Å². The van der Waals surface area contributed by atoms with E-state index in [1.165, 1.54) is 0 Å². The summed E-state index contributed by atoms with van der Waals surface area (Å²) in [4.78, 5) is 11.7. The van der Waals surface area contributed by atoms with Gasteiger partial charge in [-0.2, -0.15) is 0 Å². The number of methoxy groups -OCH3 is 1. The number of rotatable bonds is 5. The molecule has 0 saturated carbocycles. The van der Waals surface area contributed by atoms with Crippen molar-refractivity contribution < 1.29 is 9.53 Å². The van der Waals surface area contributed by atoms with Gasteiger partial charge in [0.05, 0.1) is 13.5 Å². The quantitative estimate of drug-likeness (QED) is 0.802. The molecule has 3 N–H and O–H groups in total. The predicted octanol–water partition coefficient (Wildman–Crippen LogP) is 1.01. The van der Waals surface area contributed by atoms with Gasteiger partial charge in [-0.1, -0.05) is 12.1 Å². The standard InChI is InChI=1S/C13H20N2O2/c1-9-4-5-11(12(6-9)17-3)7-13(16)15-10(2)8-14/h4-6,10H,7-8,14H2,1-3H3,(H,15,16). The van der Waals surface area contributed by atoms with Crippen molar-refractivity contribution in [2.45, 2.75) is 26.3 Å². The second kappa shape index (κ2) is 6.25. The number of carbonyl (C=O) groups is 1. The molecular weight excluding hydrogens is 216 g/mol. The van der Waals surface area contributed by atoms with Gasteiger partial charge in [-0.25, -0.2) is 0 Å². The molecule has 1 aromatic rings. The van der Waals surface area contributed by atoms with Crippen LogP contribution in [0.15, 0.2) is 18.2 Å². The Kier molecular flexibility index (Phi) is 4.97. The van der Waals surface area contributed by atoms with Crippen LogP contribution >= 0.6 is 0 Å². The van der Waals surface area contributed by atoms with Gasteiger partial charge >= 0.3 is 0 Å². The highest BCUT2D eigenvalue weighted by atomic mass is 16.5. The summed E-state index contributed by atoms with van der Waals surface area (Å²) in [6.45, 7) is 4.31. The van der Waals surface area contributed by atoms with Crippen molar-refractivity contribution in [3.05, 3.63) is 29.3 Å². The number of hydrogen-bond acceptors (Lipinski definition) is 3. The fourth-order valence-electron chi connectivity index (χ4n) is 1.56. The van der Waals surface area contributed by atoms with E-state index in [-0.39, 0.29) is 11.9 Å². The van der Waals surface area contributed by atoms with Crippen LogP contribution < -0.4 is 15.8 Å². The highest BCUT2D eigenvalue weighted by Gasteiger charge is 2.10. The SMILES string of the molecule is COc1cc(C)ccc1CC(=O)NC(C)CN. The van der Waals surface area contributed by atoms with Gasteiger partial charge in [-0.3, -0.25) is 4.79 Å². The van der Waals surface area contributed by atoms with Crippen LogP contribution in [-0.2, 0) is 11.2 Å². The molecule has 0 saturated heterocycles. The number of benzene rings is 1. The first-order chi connectivity index (χ1) is 8.06. The summed E-state index contributed by atoms with van der Waals surface area (Å²) in [5, 5.41) is 2.82. The molecular formula is C13H20N2O2. The van der Waals surface area contributed by atoms with E-state index < -0.39 is 0 Å². The second-order valence-corrected chi connectivity index (χ2v) is 4.20. The molecule has 0 fully saturated rings. The van der Waals surface area contributed by atoms with Crippen LogP contribution in [0.2, 0.25) is 0 Å². The molecule has 1 aromatic carbocycles. The first kappa shape index (κ1) is 13.5. The predicted molar refractivity (Wildman–Crippen MR) is 68.1 cm³/mol. The molecule has 0 radical (unpaired) electrons. The highest BCUT2D eigenvalue weighted by molar-refractivity contribution is 5.79. The number of amides is 1. The monoisotopic (exact) mass is 236 g/mol. The zero-order valence-electron chi connectivity index (χ0n) is 10.6. The van der Waals surface area contributed by atoms with E-state index in [9.17, 15) is 4.79 Å². The summed E-state index contributed by atoms with van der Waals surface area (Å²) >= 11 is 0. The zero-order chi connectivity index (χ0) is 12.8. The first-order valence-electron chi connectivity index (χ1n) is 5.69. The van der Waals surface area contributed by atoms with Crippen molar-refractivity contribution in [1.29, 1.82) is 0 Å². The Morgan fingerprint density at radius 1 is 1.53 bits per heavy atom. The van der Waals surface area contributed by atoms with Crippen LogP contribution in [0, 0.1) is 6.92 Å². The van der Waals surface area contributed by atoms with Gasteiger partial charge in [0.1, 0.15) is 5.75 Å². The Labute approximate surface area is 102 Å². The maximum atomic E-state index is 11.7. The van der Waals surface area contributed by atoms with Crippen molar-refractivity contribution >= 4 is 5.91 Å².